The molecule has 0 bridgehead atoms. The first kappa shape index (κ1) is 17.7. The van der Waals surface area contributed by atoms with E-state index in [4.69, 9.17) is 9.47 Å². The van der Waals surface area contributed by atoms with Gasteiger partial charge >= 0.3 is 0 Å². The van der Waals surface area contributed by atoms with E-state index in [0.29, 0.717) is 24.5 Å². The van der Waals surface area contributed by atoms with E-state index in [1.165, 1.54) is 0 Å². The van der Waals surface area contributed by atoms with Crippen molar-refractivity contribution in [3.8, 4) is 5.75 Å². The van der Waals surface area contributed by atoms with Gasteiger partial charge in [0.25, 0.3) is 0 Å². The van der Waals surface area contributed by atoms with Gasteiger partial charge in [0.1, 0.15) is 11.8 Å². The topological polar surface area (TPSA) is 79.8 Å². The van der Waals surface area contributed by atoms with Crippen molar-refractivity contribution in [2.24, 2.45) is 0 Å². The van der Waals surface area contributed by atoms with Gasteiger partial charge < -0.3 is 25.2 Å². The lowest BCUT2D eigenvalue weighted by atomic mass is 10.1. The second-order valence-electron chi connectivity index (χ2n) is 6.01. The van der Waals surface area contributed by atoms with E-state index in [2.05, 4.69) is 10.6 Å². The molecule has 1 amide bonds. The molecule has 0 saturated carbocycles. The van der Waals surface area contributed by atoms with Crippen LogP contribution < -0.4 is 15.4 Å². The second-order valence-corrected chi connectivity index (χ2v) is 6.01. The Morgan fingerprint density at radius 1 is 1.52 bits per heavy atom. The van der Waals surface area contributed by atoms with Crippen molar-refractivity contribution in [2.45, 2.75) is 45.1 Å². The van der Waals surface area contributed by atoms with Gasteiger partial charge in [-0.05, 0) is 38.5 Å². The second kappa shape index (κ2) is 8.29. The van der Waals surface area contributed by atoms with Gasteiger partial charge in [0.05, 0.1) is 24.9 Å². The quantitative estimate of drug-likeness (QED) is 0.728. The largest absolute Gasteiger partial charge is 0.491 e. The van der Waals surface area contributed by atoms with E-state index in [0.717, 1.165) is 0 Å². The van der Waals surface area contributed by atoms with Crippen LogP contribution in [0.2, 0.25) is 0 Å². The Balaban J connectivity index is 1.88. The number of aliphatic hydroxyl groups is 1. The number of aliphatic hydroxyl groups excluding tert-OH is 1. The van der Waals surface area contributed by atoms with Crippen molar-refractivity contribution in [3.05, 3.63) is 29.8 Å². The van der Waals surface area contributed by atoms with Gasteiger partial charge in [0.15, 0.2) is 0 Å². The number of amides is 1. The van der Waals surface area contributed by atoms with Crippen LogP contribution in [0.25, 0.3) is 0 Å². The van der Waals surface area contributed by atoms with Crippen molar-refractivity contribution >= 4 is 5.91 Å². The molecule has 1 heterocycles. The van der Waals surface area contributed by atoms with Crippen LogP contribution in [0.1, 0.15) is 32.4 Å². The SMILES string of the molecule is CC(C)Oc1cccc(C(O)CNC(=O)[C@H]2NCCO[C@@H]2C)c1. The van der Waals surface area contributed by atoms with Crippen LogP contribution in [0, 0.1) is 0 Å². The van der Waals surface area contributed by atoms with Crippen molar-refractivity contribution in [2.75, 3.05) is 19.7 Å². The maximum absolute atomic E-state index is 12.2. The van der Waals surface area contributed by atoms with Crippen LogP contribution in [0.3, 0.4) is 0 Å². The average Bonchev–Trinajstić information content (AvgIpc) is 2.52. The van der Waals surface area contributed by atoms with E-state index < -0.39 is 6.10 Å². The van der Waals surface area contributed by atoms with Crippen molar-refractivity contribution < 1.29 is 19.4 Å². The standard InChI is InChI=1S/C17H26N2O4/c1-11(2)23-14-6-4-5-13(9-14)15(20)10-19-17(21)16-12(3)22-8-7-18-16/h4-6,9,11-12,15-16,18,20H,7-8,10H2,1-3H3,(H,19,21)/t12-,15?,16+/m1/s1. The first-order valence-electron chi connectivity index (χ1n) is 8.04. The summed E-state index contributed by atoms with van der Waals surface area (Å²) in [6, 6.07) is 6.90. The minimum absolute atomic E-state index is 0.0703. The fourth-order valence-corrected chi connectivity index (χ4v) is 2.52. The first-order chi connectivity index (χ1) is 11.0. The summed E-state index contributed by atoms with van der Waals surface area (Å²) in [5.74, 6) is 0.546. The number of carbonyl (C=O) groups is 1. The highest BCUT2D eigenvalue weighted by Gasteiger charge is 2.28. The van der Waals surface area contributed by atoms with E-state index in [1.54, 1.807) is 6.07 Å². The van der Waals surface area contributed by atoms with Crippen LogP contribution in [0.4, 0.5) is 0 Å². The third-order valence-electron chi connectivity index (χ3n) is 3.68. The zero-order valence-corrected chi connectivity index (χ0v) is 13.9. The average molecular weight is 322 g/mol. The minimum Gasteiger partial charge on any atom is -0.491 e. The molecule has 0 aromatic heterocycles. The van der Waals surface area contributed by atoms with Gasteiger partial charge in [-0.1, -0.05) is 12.1 Å². The zero-order chi connectivity index (χ0) is 16.8. The molecule has 2 rings (SSSR count). The highest BCUT2D eigenvalue weighted by atomic mass is 16.5. The fraction of sp³-hybridized carbons (Fsp3) is 0.588. The Labute approximate surface area is 137 Å². The Kier molecular flexibility index (Phi) is 6.38. The van der Waals surface area contributed by atoms with Crippen molar-refractivity contribution in [3.63, 3.8) is 0 Å². The third-order valence-corrected chi connectivity index (χ3v) is 3.68. The monoisotopic (exact) mass is 322 g/mol. The van der Waals surface area contributed by atoms with Gasteiger partial charge in [-0.2, -0.15) is 0 Å². The normalized spacial score (nSPS) is 22.7. The zero-order valence-electron chi connectivity index (χ0n) is 13.9. The van der Waals surface area contributed by atoms with E-state index in [9.17, 15) is 9.90 Å². The number of morpholine rings is 1. The summed E-state index contributed by atoms with van der Waals surface area (Å²) in [4.78, 5) is 12.2. The molecule has 1 saturated heterocycles. The summed E-state index contributed by atoms with van der Waals surface area (Å²) in [6.07, 6.45) is -0.890. The summed E-state index contributed by atoms with van der Waals surface area (Å²) >= 11 is 0. The summed E-state index contributed by atoms with van der Waals surface area (Å²) in [5, 5.41) is 16.2. The molecule has 23 heavy (non-hydrogen) atoms. The highest BCUT2D eigenvalue weighted by Crippen LogP contribution is 2.20. The van der Waals surface area contributed by atoms with Gasteiger partial charge in [-0.25, -0.2) is 0 Å². The van der Waals surface area contributed by atoms with Crippen LogP contribution in [0.5, 0.6) is 5.75 Å². The molecule has 1 aliphatic rings. The number of benzene rings is 1. The van der Waals surface area contributed by atoms with Gasteiger partial charge in [0, 0.05) is 13.1 Å². The third kappa shape index (κ3) is 5.20. The molecule has 128 valence electrons. The lowest BCUT2D eigenvalue weighted by Crippen LogP contribution is -2.55. The molecule has 3 atom stereocenters. The molecule has 6 nitrogen and oxygen atoms in total. The van der Waals surface area contributed by atoms with E-state index >= 15 is 0 Å². The van der Waals surface area contributed by atoms with Gasteiger partial charge in [0.2, 0.25) is 5.91 Å². The summed E-state index contributed by atoms with van der Waals surface area (Å²) < 4.78 is 11.1. The van der Waals surface area contributed by atoms with Crippen LogP contribution in [0.15, 0.2) is 24.3 Å². The Hall–Kier alpha value is -1.63. The predicted molar refractivity (Wildman–Crippen MR) is 87.4 cm³/mol. The Bertz CT molecular complexity index is 521. The molecular weight excluding hydrogens is 296 g/mol. The Morgan fingerprint density at radius 2 is 2.30 bits per heavy atom. The number of hydrogen-bond donors (Lipinski definition) is 3. The van der Waals surface area contributed by atoms with Crippen LogP contribution in [-0.2, 0) is 9.53 Å². The number of hydrogen-bond acceptors (Lipinski definition) is 5. The molecule has 0 aliphatic carbocycles. The number of rotatable bonds is 6. The fourth-order valence-electron chi connectivity index (χ4n) is 2.52. The lowest BCUT2D eigenvalue weighted by Gasteiger charge is -2.29. The smallest absolute Gasteiger partial charge is 0.239 e. The molecular formula is C17H26N2O4. The maximum atomic E-state index is 12.2. The predicted octanol–water partition coefficient (Wildman–Crippen LogP) is 1.00. The number of nitrogens with one attached hydrogen (secondary N) is 2. The Morgan fingerprint density at radius 3 is 3.00 bits per heavy atom. The lowest BCUT2D eigenvalue weighted by molar-refractivity contribution is -0.129. The minimum atomic E-state index is -0.783. The molecule has 0 spiro atoms. The van der Waals surface area contributed by atoms with Gasteiger partial charge in [-0.15, -0.1) is 0 Å². The summed E-state index contributed by atoms with van der Waals surface area (Å²) in [5.41, 5.74) is 0.712. The molecule has 1 aromatic rings. The van der Waals surface area contributed by atoms with Crippen molar-refractivity contribution in [1.29, 1.82) is 0 Å². The molecule has 3 N–H and O–H groups in total. The first-order valence-corrected chi connectivity index (χ1v) is 8.04. The van der Waals surface area contributed by atoms with Gasteiger partial charge in [-0.3, -0.25) is 4.79 Å². The highest BCUT2D eigenvalue weighted by molar-refractivity contribution is 5.82. The summed E-state index contributed by atoms with van der Waals surface area (Å²) in [7, 11) is 0. The van der Waals surface area contributed by atoms with Crippen LogP contribution in [-0.4, -0.2) is 49.0 Å². The number of carbonyl (C=O) groups excluding carboxylic acids is 1. The number of ether oxygens (including phenoxy) is 2. The maximum Gasteiger partial charge on any atom is 0.239 e. The van der Waals surface area contributed by atoms with E-state index in [-0.39, 0.29) is 30.7 Å². The van der Waals surface area contributed by atoms with Crippen molar-refractivity contribution in [1.82, 2.24) is 10.6 Å². The summed E-state index contributed by atoms with van der Waals surface area (Å²) in [6.45, 7) is 7.16. The van der Waals surface area contributed by atoms with E-state index in [1.807, 2.05) is 39.0 Å². The molecule has 0 radical (unpaired) electrons. The molecule has 6 heteroatoms. The van der Waals surface area contributed by atoms with Crippen LogP contribution >= 0.6 is 0 Å². The molecule has 1 aromatic carbocycles. The molecule has 1 unspecified atom stereocenters. The molecule has 1 aliphatic heterocycles. The molecule has 1 fully saturated rings.